The summed E-state index contributed by atoms with van der Waals surface area (Å²) in [4.78, 5) is 13.0. The fourth-order valence-corrected chi connectivity index (χ4v) is 3.08. The van der Waals surface area contributed by atoms with Crippen molar-refractivity contribution in [2.24, 2.45) is 5.41 Å². The van der Waals surface area contributed by atoms with Crippen LogP contribution in [0.3, 0.4) is 0 Å². The normalized spacial score (nSPS) is 15.8. The van der Waals surface area contributed by atoms with E-state index in [0.29, 0.717) is 6.54 Å². The van der Waals surface area contributed by atoms with Crippen LogP contribution in [0.1, 0.15) is 22.5 Å². The van der Waals surface area contributed by atoms with E-state index in [-0.39, 0.29) is 17.9 Å². The van der Waals surface area contributed by atoms with Gasteiger partial charge in [-0.25, -0.2) is 0 Å². The van der Waals surface area contributed by atoms with Crippen molar-refractivity contribution in [3.05, 3.63) is 46.7 Å². The second-order valence-corrected chi connectivity index (χ2v) is 6.29. The molecule has 3 nitrogen and oxygen atoms in total. The van der Waals surface area contributed by atoms with Gasteiger partial charge in [0.25, 0.3) is 5.91 Å². The monoisotopic (exact) mass is 287 g/mol. The van der Waals surface area contributed by atoms with Crippen molar-refractivity contribution in [1.82, 2.24) is 5.32 Å². The molecule has 0 radical (unpaired) electrons. The Balaban J connectivity index is 1.74. The molecule has 1 saturated carbocycles. The summed E-state index contributed by atoms with van der Waals surface area (Å²) >= 11 is 1.46. The van der Waals surface area contributed by atoms with E-state index in [9.17, 15) is 9.90 Å². The highest BCUT2D eigenvalue weighted by Gasteiger charge is 2.42. The van der Waals surface area contributed by atoms with Crippen molar-refractivity contribution in [2.45, 2.75) is 12.8 Å². The Morgan fingerprint density at radius 1 is 1.25 bits per heavy atom. The van der Waals surface area contributed by atoms with Crippen molar-refractivity contribution >= 4 is 17.2 Å². The Bertz CT molecular complexity index is 602. The Labute approximate surface area is 122 Å². The van der Waals surface area contributed by atoms with E-state index in [2.05, 4.69) is 5.32 Å². The van der Waals surface area contributed by atoms with Crippen molar-refractivity contribution in [2.75, 3.05) is 13.2 Å². The molecule has 1 heterocycles. The number of hydrogen-bond donors (Lipinski definition) is 2. The molecular weight excluding hydrogens is 270 g/mol. The standard InChI is InChI=1S/C16H17NO2S/c18-11-16(7-8-16)10-17-15(19)14-13(6-9-20-14)12-4-2-1-3-5-12/h1-6,9,18H,7-8,10-11H2,(H,17,19). The summed E-state index contributed by atoms with van der Waals surface area (Å²) in [5, 5.41) is 14.2. The Morgan fingerprint density at radius 3 is 2.65 bits per heavy atom. The van der Waals surface area contributed by atoms with Crippen molar-refractivity contribution < 1.29 is 9.90 Å². The van der Waals surface area contributed by atoms with E-state index in [1.165, 1.54) is 11.3 Å². The van der Waals surface area contributed by atoms with Crippen LogP contribution in [0.5, 0.6) is 0 Å². The predicted octanol–water partition coefficient (Wildman–Crippen LogP) is 2.92. The van der Waals surface area contributed by atoms with Crippen molar-refractivity contribution in [1.29, 1.82) is 0 Å². The summed E-state index contributed by atoms with van der Waals surface area (Å²) < 4.78 is 0. The van der Waals surface area contributed by atoms with E-state index < -0.39 is 0 Å². The van der Waals surface area contributed by atoms with E-state index in [1.54, 1.807) is 0 Å². The molecule has 0 spiro atoms. The van der Waals surface area contributed by atoms with Crippen LogP contribution in [0.2, 0.25) is 0 Å². The van der Waals surface area contributed by atoms with Crippen LogP contribution in [0.4, 0.5) is 0 Å². The molecule has 1 aromatic carbocycles. The highest BCUT2D eigenvalue weighted by Crippen LogP contribution is 2.44. The molecule has 0 bridgehead atoms. The summed E-state index contributed by atoms with van der Waals surface area (Å²) in [7, 11) is 0. The molecule has 0 aliphatic heterocycles. The van der Waals surface area contributed by atoms with Gasteiger partial charge >= 0.3 is 0 Å². The van der Waals surface area contributed by atoms with Gasteiger partial charge in [0.05, 0.1) is 11.5 Å². The number of hydrogen-bond acceptors (Lipinski definition) is 3. The zero-order chi connectivity index (χ0) is 14.0. The highest BCUT2D eigenvalue weighted by atomic mass is 32.1. The average molecular weight is 287 g/mol. The summed E-state index contributed by atoms with van der Waals surface area (Å²) in [5.41, 5.74) is 1.98. The van der Waals surface area contributed by atoms with Gasteiger partial charge in [-0.1, -0.05) is 30.3 Å². The first-order valence-electron chi connectivity index (χ1n) is 6.76. The molecule has 2 N–H and O–H groups in total. The topological polar surface area (TPSA) is 49.3 Å². The molecule has 2 aromatic rings. The second kappa shape index (κ2) is 5.38. The fraction of sp³-hybridized carbons (Fsp3) is 0.312. The minimum atomic E-state index is -0.0557. The molecule has 1 aromatic heterocycles. The first kappa shape index (κ1) is 13.3. The fourth-order valence-electron chi connectivity index (χ4n) is 2.25. The third-order valence-electron chi connectivity index (χ3n) is 3.87. The van der Waals surface area contributed by atoms with E-state index in [0.717, 1.165) is 28.8 Å². The molecule has 1 aliphatic carbocycles. The van der Waals surface area contributed by atoms with Crippen molar-refractivity contribution in [3.8, 4) is 11.1 Å². The lowest BCUT2D eigenvalue weighted by molar-refractivity contribution is 0.0940. The molecule has 1 fully saturated rings. The Kier molecular flexibility index (Phi) is 3.59. The number of nitrogens with one attached hydrogen (secondary N) is 1. The molecule has 104 valence electrons. The predicted molar refractivity (Wildman–Crippen MR) is 80.8 cm³/mol. The third-order valence-corrected chi connectivity index (χ3v) is 4.79. The lowest BCUT2D eigenvalue weighted by atomic mass is 10.1. The molecular formula is C16H17NO2S. The second-order valence-electron chi connectivity index (χ2n) is 5.37. The lowest BCUT2D eigenvalue weighted by Gasteiger charge is -2.12. The van der Waals surface area contributed by atoms with Crippen LogP contribution in [-0.4, -0.2) is 24.2 Å². The van der Waals surface area contributed by atoms with Gasteiger partial charge in [-0.3, -0.25) is 4.79 Å². The van der Waals surface area contributed by atoms with Crippen LogP contribution >= 0.6 is 11.3 Å². The maximum Gasteiger partial charge on any atom is 0.262 e. The molecule has 3 rings (SSSR count). The first-order chi connectivity index (χ1) is 9.74. The van der Waals surface area contributed by atoms with Crippen LogP contribution in [0, 0.1) is 5.41 Å². The van der Waals surface area contributed by atoms with Gasteiger partial charge in [-0.2, -0.15) is 0 Å². The first-order valence-corrected chi connectivity index (χ1v) is 7.64. The van der Waals surface area contributed by atoms with Gasteiger partial charge in [0.1, 0.15) is 0 Å². The van der Waals surface area contributed by atoms with Crippen molar-refractivity contribution in [3.63, 3.8) is 0 Å². The summed E-state index contributed by atoms with van der Waals surface area (Å²) in [6.45, 7) is 0.720. The number of aliphatic hydroxyl groups excluding tert-OH is 1. The average Bonchev–Trinajstić information content (AvgIpc) is 3.12. The largest absolute Gasteiger partial charge is 0.396 e. The number of carbonyl (C=O) groups is 1. The molecule has 20 heavy (non-hydrogen) atoms. The van der Waals surface area contributed by atoms with Gasteiger partial charge in [0.2, 0.25) is 0 Å². The number of carbonyl (C=O) groups excluding carboxylic acids is 1. The molecule has 1 amide bonds. The number of rotatable bonds is 5. The zero-order valence-electron chi connectivity index (χ0n) is 11.1. The Morgan fingerprint density at radius 2 is 2.00 bits per heavy atom. The van der Waals surface area contributed by atoms with Gasteiger partial charge in [0, 0.05) is 17.5 Å². The SMILES string of the molecule is O=C(NCC1(CO)CC1)c1sccc1-c1ccccc1. The highest BCUT2D eigenvalue weighted by molar-refractivity contribution is 7.12. The number of aliphatic hydroxyl groups is 1. The van der Waals surface area contributed by atoms with Crippen LogP contribution < -0.4 is 5.32 Å². The summed E-state index contributed by atoms with van der Waals surface area (Å²) in [5.74, 6) is -0.0430. The van der Waals surface area contributed by atoms with Crippen LogP contribution in [0.15, 0.2) is 41.8 Å². The van der Waals surface area contributed by atoms with E-state index in [4.69, 9.17) is 0 Å². The van der Waals surface area contributed by atoms with Crippen LogP contribution in [0.25, 0.3) is 11.1 Å². The van der Waals surface area contributed by atoms with E-state index >= 15 is 0 Å². The van der Waals surface area contributed by atoms with Gasteiger partial charge in [-0.05, 0) is 29.9 Å². The van der Waals surface area contributed by atoms with Gasteiger partial charge in [-0.15, -0.1) is 11.3 Å². The Hall–Kier alpha value is -1.65. The van der Waals surface area contributed by atoms with Gasteiger partial charge in [0.15, 0.2) is 0 Å². The van der Waals surface area contributed by atoms with Gasteiger partial charge < -0.3 is 10.4 Å². The smallest absolute Gasteiger partial charge is 0.262 e. The maximum atomic E-state index is 12.3. The molecule has 1 aliphatic rings. The summed E-state index contributed by atoms with van der Waals surface area (Å²) in [6.07, 6.45) is 2.00. The molecule has 0 unspecified atom stereocenters. The number of benzene rings is 1. The molecule has 0 atom stereocenters. The quantitative estimate of drug-likeness (QED) is 0.888. The molecule has 0 saturated heterocycles. The summed E-state index contributed by atoms with van der Waals surface area (Å²) in [6, 6.07) is 11.9. The number of amides is 1. The number of thiophene rings is 1. The maximum absolute atomic E-state index is 12.3. The molecule has 4 heteroatoms. The van der Waals surface area contributed by atoms with Crippen LogP contribution in [-0.2, 0) is 0 Å². The third kappa shape index (κ3) is 2.62. The van der Waals surface area contributed by atoms with E-state index in [1.807, 2.05) is 41.8 Å². The minimum absolute atomic E-state index is 0.0430. The minimum Gasteiger partial charge on any atom is -0.396 e. The zero-order valence-corrected chi connectivity index (χ0v) is 12.0. The lowest BCUT2D eigenvalue weighted by Crippen LogP contribution is -2.31.